The summed E-state index contributed by atoms with van der Waals surface area (Å²) in [5.41, 5.74) is 8.52. The molecule has 0 atom stereocenters. The fourth-order valence-electron chi connectivity index (χ4n) is 1.52. The largest absolute Gasteiger partial charge is 0.332 e. The number of nitrogens with one attached hydrogen (secondary N) is 4. The smallest absolute Gasteiger partial charge is 0.281 e. The fraction of sp³-hybridized carbons (Fsp3) is 0.0833. The van der Waals surface area contributed by atoms with Crippen molar-refractivity contribution < 1.29 is 4.79 Å². The van der Waals surface area contributed by atoms with Gasteiger partial charge in [-0.15, -0.1) is 0 Å². The van der Waals surface area contributed by atoms with Gasteiger partial charge in [0.15, 0.2) is 10.2 Å². The number of thiocarbonyl (C=S) groups is 1. The molecule has 0 aliphatic rings. The van der Waals surface area contributed by atoms with E-state index in [2.05, 4.69) is 26.6 Å². The van der Waals surface area contributed by atoms with Crippen LogP contribution in [0.1, 0.15) is 15.4 Å². The van der Waals surface area contributed by atoms with Crippen LogP contribution < -0.4 is 27.4 Å². The summed E-state index contributed by atoms with van der Waals surface area (Å²) in [5, 5.41) is 4.47. The van der Waals surface area contributed by atoms with E-state index in [1.165, 1.54) is 11.3 Å². The quantitative estimate of drug-likeness (QED) is 0.324. The molecule has 1 aromatic heterocycles. The summed E-state index contributed by atoms with van der Waals surface area (Å²) in [6, 6.07) is 7.18. The summed E-state index contributed by atoms with van der Waals surface area (Å²) in [6.07, 6.45) is 0. The summed E-state index contributed by atoms with van der Waals surface area (Å²) >= 11 is 11.8. The topological polar surface area (TPSA) is 104 Å². The highest BCUT2D eigenvalue weighted by Gasteiger charge is 2.15. The molecule has 2 rings (SSSR count). The number of thiazole rings is 1. The lowest BCUT2D eigenvalue weighted by Gasteiger charge is -2.07. The van der Waals surface area contributed by atoms with Gasteiger partial charge < -0.3 is 5.32 Å². The second-order valence-corrected chi connectivity index (χ2v) is 5.96. The van der Waals surface area contributed by atoms with Crippen molar-refractivity contribution in [3.05, 3.63) is 39.9 Å². The third-order valence-corrected chi connectivity index (χ3v) is 4.06. The molecular formula is C12H13ClN6OS2. The number of rotatable bonds is 3. The number of amides is 1. The third-order valence-electron chi connectivity index (χ3n) is 2.52. The summed E-state index contributed by atoms with van der Waals surface area (Å²) in [5.74, 6) is 4.74. The highest BCUT2D eigenvalue weighted by molar-refractivity contribution is 7.80. The van der Waals surface area contributed by atoms with Gasteiger partial charge in [-0.25, -0.2) is 10.8 Å². The Morgan fingerprint density at radius 1 is 1.32 bits per heavy atom. The summed E-state index contributed by atoms with van der Waals surface area (Å²) < 4.78 is 0. The SMILES string of the molecule is Cc1nc(Nc2ccc(Cl)cc2)sc1C(=O)NNC(=S)NN. The second kappa shape index (κ2) is 7.36. The molecule has 1 amide bonds. The third kappa shape index (κ3) is 4.28. The van der Waals surface area contributed by atoms with Gasteiger partial charge in [-0.05, 0) is 43.4 Å². The minimum absolute atomic E-state index is 0.107. The lowest BCUT2D eigenvalue weighted by Crippen LogP contribution is -2.48. The van der Waals surface area contributed by atoms with E-state index >= 15 is 0 Å². The monoisotopic (exact) mass is 356 g/mol. The zero-order chi connectivity index (χ0) is 16.1. The van der Waals surface area contributed by atoms with Crippen LogP contribution in [0.4, 0.5) is 10.8 Å². The Morgan fingerprint density at radius 3 is 2.64 bits per heavy atom. The number of hydrazine groups is 2. The molecule has 0 unspecified atom stereocenters. The molecule has 6 N–H and O–H groups in total. The molecule has 0 saturated heterocycles. The maximum Gasteiger partial charge on any atom is 0.281 e. The lowest BCUT2D eigenvalue weighted by atomic mass is 10.3. The summed E-state index contributed by atoms with van der Waals surface area (Å²) in [7, 11) is 0. The van der Waals surface area contributed by atoms with Gasteiger partial charge in [0.2, 0.25) is 0 Å². The molecule has 0 spiro atoms. The number of carbonyl (C=O) groups is 1. The number of aryl methyl sites for hydroxylation is 1. The van der Waals surface area contributed by atoms with Gasteiger partial charge in [0.25, 0.3) is 5.91 Å². The predicted molar refractivity (Wildman–Crippen MR) is 92.1 cm³/mol. The van der Waals surface area contributed by atoms with Crippen LogP contribution in [0, 0.1) is 6.92 Å². The van der Waals surface area contributed by atoms with E-state index in [0.29, 0.717) is 20.7 Å². The van der Waals surface area contributed by atoms with Gasteiger partial charge in [-0.3, -0.25) is 21.1 Å². The van der Waals surface area contributed by atoms with Crippen molar-refractivity contribution in [2.75, 3.05) is 5.32 Å². The van der Waals surface area contributed by atoms with Crippen molar-refractivity contribution in [2.24, 2.45) is 5.84 Å². The molecule has 0 aliphatic heterocycles. The zero-order valence-electron chi connectivity index (χ0n) is 11.4. The Hall–Kier alpha value is -1.94. The number of anilines is 2. The van der Waals surface area contributed by atoms with E-state index in [1.54, 1.807) is 19.1 Å². The van der Waals surface area contributed by atoms with Crippen LogP contribution in [0.2, 0.25) is 5.02 Å². The van der Waals surface area contributed by atoms with Crippen LogP contribution in [-0.4, -0.2) is 16.0 Å². The van der Waals surface area contributed by atoms with Gasteiger partial charge >= 0.3 is 0 Å². The Kier molecular flexibility index (Phi) is 5.50. The molecule has 22 heavy (non-hydrogen) atoms. The Labute approximate surface area is 141 Å². The summed E-state index contributed by atoms with van der Waals surface area (Å²) in [6.45, 7) is 1.75. The Balaban J connectivity index is 2.05. The van der Waals surface area contributed by atoms with Crippen molar-refractivity contribution in [1.82, 2.24) is 21.3 Å². The molecule has 2 aromatic rings. The molecule has 1 aromatic carbocycles. The van der Waals surface area contributed by atoms with Gasteiger partial charge in [0.05, 0.1) is 5.69 Å². The van der Waals surface area contributed by atoms with Gasteiger partial charge in [0.1, 0.15) is 4.88 Å². The maximum absolute atomic E-state index is 12.0. The van der Waals surface area contributed by atoms with Crippen LogP contribution in [0.3, 0.4) is 0 Å². The first kappa shape index (κ1) is 16.4. The van der Waals surface area contributed by atoms with Crippen LogP contribution in [-0.2, 0) is 0 Å². The molecule has 0 radical (unpaired) electrons. The Morgan fingerprint density at radius 2 is 2.00 bits per heavy atom. The first-order chi connectivity index (χ1) is 10.5. The second-order valence-electron chi connectivity index (χ2n) is 4.12. The van der Waals surface area contributed by atoms with Crippen molar-refractivity contribution in [3.8, 4) is 0 Å². The molecule has 1 heterocycles. The van der Waals surface area contributed by atoms with E-state index in [9.17, 15) is 4.79 Å². The number of benzene rings is 1. The van der Waals surface area contributed by atoms with E-state index < -0.39 is 0 Å². The zero-order valence-corrected chi connectivity index (χ0v) is 13.8. The van der Waals surface area contributed by atoms with E-state index in [4.69, 9.17) is 29.7 Å². The molecule has 116 valence electrons. The number of hydrogen-bond donors (Lipinski definition) is 5. The molecule has 0 aliphatic carbocycles. The molecule has 7 nitrogen and oxygen atoms in total. The highest BCUT2D eigenvalue weighted by Crippen LogP contribution is 2.26. The van der Waals surface area contributed by atoms with Crippen LogP contribution in [0.15, 0.2) is 24.3 Å². The number of nitrogens with zero attached hydrogens (tertiary/aromatic N) is 1. The van der Waals surface area contributed by atoms with Gasteiger partial charge in [0, 0.05) is 10.7 Å². The van der Waals surface area contributed by atoms with E-state index in [-0.39, 0.29) is 11.0 Å². The predicted octanol–water partition coefficient (Wildman–Crippen LogP) is 1.83. The minimum atomic E-state index is -0.350. The standard InChI is InChI=1S/C12H13ClN6OS2/c1-6-9(10(20)18-19-11(21)17-14)22-12(15-6)16-8-4-2-7(13)3-5-8/h2-5H,14H2,1H3,(H,15,16)(H,18,20)(H2,17,19,21). The first-order valence-electron chi connectivity index (χ1n) is 6.06. The Bertz CT molecular complexity index is 687. The van der Waals surface area contributed by atoms with Crippen molar-refractivity contribution in [2.45, 2.75) is 6.92 Å². The van der Waals surface area contributed by atoms with Crippen molar-refractivity contribution in [3.63, 3.8) is 0 Å². The molecule has 0 saturated carbocycles. The van der Waals surface area contributed by atoms with Gasteiger partial charge in [-0.2, -0.15) is 0 Å². The average Bonchev–Trinajstić information content (AvgIpc) is 2.87. The van der Waals surface area contributed by atoms with Crippen LogP contribution in [0.25, 0.3) is 0 Å². The number of carbonyl (C=O) groups excluding carboxylic acids is 1. The van der Waals surface area contributed by atoms with Crippen LogP contribution in [0.5, 0.6) is 0 Å². The molecule has 0 bridgehead atoms. The highest BCUT2D eigenvalue weighted by atomic mass is 35.5. The molecule has 10 heteroatoms. The average molecular weight is 357 g/mol. The number of hydrogen-bond acceptors (Lipinski definition) is 6. The molecular weight excluding hydrogens is 344 g/mol. The normalized spacial score (nSPS) is 9.95. The number of aromatic nitrogens is 1. The minimum Gasteiger partial charge on any atom is -0.332 e. The van der Waals surface area contributed by atoms with Crippen molar-refractivity contribution >= 4 is 57.0 Å². The lowest BCUT2D eigenvalue weighted by molar-refractivity contribution is 0.0947. The number of nitrogens with two attached hydrogens (primary N) is 1. The fourth-order valence-corrected chi connectivity index (χ4v) is 2.58. The van der Waals surface area contributed by atoms with Crippen LogP contribution >= 0.6 is 35.2 Å². The summed E-state index contributed by atoms with van der Waals surface area (Å²) in [4.78, 5) is 16.8. The van der Waals surface area contributed by atoms with E-state index in [0.717, 1.165) is 5.69 Å². The first-order valence-corrected chi connectivity index (χ1v) is 7.67. The van der Waals surface area contributed by atoms with Gasteiger partial charge in [-0.1, -0.05) is 22.9 Å². The van der Waals surface area contributed by atoms with E-state index in [1.807, 2.05) is 12.1 Å². The molecule has 0 fully saturated rings. The van der Waals surface area contributed by atoms with Crippen molar-refractivity contribution in [1.29, 1.82) is 0 Å². The maximum atomic E-state index is 12.0. The number of halogens is 1.